The highest BCUT2D eigenvalue weighted by Crippen LogP contribution is 2.22. The summed E-state index contributed by atoms with van der Waals surface area (Å²) in [7, 11) is 1.63. The molecule has 0 radical (unpaired) electrons. The van der Waals surface area contributed by atoms with Gasteiger partial charge in [-0.3, -0.25) is 4.79 Å². The smallest absolute Gasteiger partial charge is 0.229 e. The lowest BCUT2D eigenvalue weighted by atomic mass is 10.1. The van der Waals surface area contributed by atoms with Crippen molar-refractivity contribution in [3.63, 3.8) is 0 Å². The fourth-order valence-corrected chi connectivity index (χ4v) is 2.46. The molecule has 5 heteroatoms. The molecule has 0 saturated heterocycles. The molecule has 1 N–H and O–H groups in total. The second kappa shape index (κ2) is 7.57. The molecule has 3 aromatic rings. The van der Waals surface area contributed by atoms with Gasteiger partial charge in [-0.2, -0.15) is 0 Å². The van der Waals surface area contributed by atoms with Crippen molar-refractivity contribution in [3.8, 4) is 17.0 Å². The van der Waals surface area contributed by atoms with Crippen LogP contribution in [0.25, 0.3) is 11.3 Å². The summed E-state index contributed by atoms with van der Waals surface area (Å²) in [6.07, 6.45) is 1.97. The van der Waals surface area contributed by atoms with E-state index in [2.05, 4.69) is 15.3 Å². The molecule has 0 fully saturated rings. The zero-order chi connectivity index (χ0) is 17.6. The number of amides is 1. The Morgan fingerprint density at radius 1 is 1.08 bits per heavy atom. The molecule has 3 rings (SSSR count). The zero-order valence-electron chi connectivity index (χ0n) is 14.2. The van der Waals surface area contributed by atoms with Crippen LogP contribution in [0.4, 0.5) is 5.82 Å². The number of carbonyl (C=O) groups excluding carboxylic acids is 1. The van der Waals surface area contributed by atoms with E-state index in [1.807, 2.05) is 61.5 Å². The summed E-state index contributed by atoms with van der Waals surface area (Å²) in [5.41, 5.74) is 3.33. The van der Waals surface area contributed by atoms with Gasteiger partial charge in [0.05, 0.1) is 31.1 Å². The Morgan fingerprint density at radius 3 is 2.44 bits per heavy atom. The largest absolute Gasteiger partial charge is 0.497 e. The molecule has 0 saturated carbocycles. The van der Waals surface area contributed by atoms with E-state index in [1.54, 1.807) is 13.3 Å². The summed E-state index contributed by atoms with van der Waals surface area (Å²) < 4.78 is 5.16. The highest BCUT2D eigenvalue weighted by atomic mass is 16.5. The van der Waals surface area contributed by atoms with E-state index in [1.165, 1.54) is 0 Å². The highest BCUT2D eigenvalue weighted by Gasteiger charge is 2.10. The van der Waals surface area contributed by atoms with Crippen molar-refractivity contribution in [2.24, 2.45) is 0 Å². The van der Waals surface area contributed by atoms with Gasteiger partial charge >= 0.3 is 0 Å². The third kappa shape index (κ3) is 4.20. The molecule has 1 heterocycles. The maximum atomic E-state index is 12.2. The Hall–Kier alpha value is -3.21. The summed E-state index contributed by atoms with van der Waals surface area (Å²) in [5, 5.41) is 2.82. The number of anilines is 1. The minimum absolute atomic E-state index is 0.110. The molecule has 126 valence electrons. The van der Waals surface area contributed by atoms with E-state index >= 15 is 0 Å². The third-order valence-corrected chi connectivity index (χ3v) is 3.80. The monoisotopic (exact) mass is 333 g/mol. The van der Waals surface area contributed by atoms with Crippen molar-refractivity contribution in [1.82, 2.24) is 9.97 Å². The third-order valence-electron chi connectivity index (χ3n) is 3.80. The number of benzene rings is 2. The predicted molar refractivity (Wildman–Crippen MR) is 97.5 cm³/mol. The van der Waals surface area contributed by atoms with Gasteiger partial charge in [-0.05, 0) is 36.8 Å². The van der Waals surface area contributed by atoms with Gasteiger partial charge in [-0.15, -0.1) is 0 Å². The van der Waals surface area contributed by atoms with Gasteiger partial charge in [-0.25, -0.2) is 9.97 Å². The van der Waals surface area contributed by atoms with Crippen LogP contribution >= 0.6 is 0 Å². The fourth-order valence-electron chi connectivity index (χ4n) is 2.46. The van der Waals surface area contributed by atoms with Crippen LogP contribution in [0.2, 0.25) is 0 Å². The minimum atomic E-state index is -0.110. The number of aromatic nitrogens is 2. The van der Waals surface area contributed by atoms with Gasteiger partial charge in [-0.1, -0.05) is 30.3 Å². The lowest BCUT2D eigenvalue weighted by Gasteiger charge is -2.09. The topological polar surface area (TPSA) is 64.1 Å². The zero-order valence-corrected chi connectivity index (χ0v) is 14.2. The van der Waals surface area contributed by atoms with Crippen LogP contribution < -0.4 is 10.1 Å². The van der Waals surface area contributed by atoms with E-state index in [0.29, 0.717) is 17.9 Å². The van der Waals surface area contributed by atoms with Crippen LogP contribution in [0.3, 0.4) is 0 Å². The van der Waals surface area contributed by atoms with E-state index in [-0.39, 0.29) is 5.91 Å². The molecule has 25 heavy (non-hydrogen) atoms. The molecule has 0 spiro atoms. The van der Waals surface area contributed by atoms with Crippen LogP contribution in [0.5, 0.6) is 5.75 Å². The SMILES string of the molecule is COc1ccc(-c2cnc(NC(=O)Cc3ccccc3)c(C)n2)cc1. The number of ether oxygens (including phenoxy) is 1. The number of carbonyl (C=O) groups is 1. The van der Waals surface area contributed by atoms with E-state index in [0.717, 1.165) is 22.6 Å². The Morgan fingerprint density at radius 2 is 1.80 bits per heavy atom. The maximum absolute atomic E-state index is 12.2. The molecule has 0 atom stereocenters. The van der Waals surface area contributed by atoms with Crippen molar-refractivity contribution in [1.29, 1.82) is 0 Å². The first-order chi connectivity index (χ1) is 12.2. The summed E-state index contributed by atoms with van der Waals surface area (Å²) in [6, 6.07) is 17.2. The van der Waals surface area contributed by atoms with E-state index in [4.69, 9.17) is 4.74 Å². The number of nitrogens with zero attached hydrogens (tertiary/aromatic N) is 2. The Bertz CT molecular complexity index is 862. The number of hydrogen-bond acceptors (Lipinski definition) is 4. The first-order valence-corrected chi connectivity index (χ1v) is 7.97. The Kier molecular flexibility index (Phi) is 5.04. The Labute approximate surface area is 146 Å². The molecule has 1 amide bonds. The average molecular weight is 333 g/mol. The minimum Gasteiger partial charge on any atom is -0.497 e. The quantitative estimate of drug-likeness (QED) is 0.774. The molecule has 0 aliphatic carbocycles. The number of nitrogens with one attached hydrogen (secondary N) is 1. The van der Waals surface area contributed by atoms with Crippen molar-refractivity contribution in [3.05, 3.63) is 72.1 Å². The van der Waals surface area contributed by atoms with Gasteiger partial charge < -0.3 is 10.1 Å². The standard InChI is InChI=1S/C20H19N3O2/c1-14-20(23-19(24)12-15-6-4-3-5-7-15)21-13-18(22-14)16-8-10-17(25-2)11-9-16/h3-11,13H,12H2,1-2H3,(H,21,23,24). The van der Waals surface area contributed by atoms with Gasteiger partial charge in [0.2, 0.25) is 5.91 Å². The van der Waals surface area contributed by atoms with Crippen molar-refractivity contribution >= 4 is 11.7 Å². The number of aryl methyl sites for hydroxylation is 1. The molecule has 0 aliphatic heterocycles. The number of rotatable bonds is 5. The Balaban J connectivity index is 1.72. The second-order valence-electron chi connectivity index (χ2n) is 5.63. The number of methoxy groups -OCH3 is 1. The van der Waals surface area contributed by atoms with Crippen LogP contribution in [-0.2, 0) is 11.2 Å². The fraction of sp³-hybridized carbons (Fsp3) is 0.150. The predicted octanol–water partition coefficient (Wildman–Crippen LogP) is 3.64. The summed E-state index contributed by atoms with van der Waals surface area (Å²) in [5.74, 6) is 1.16. The van der Waals surface area contributed by atoms with Crippen LogP contribution in [0.15, 0.2) is 60.8 Å². The molecule has 0 aliphatic rings. The molecule has 1 aromatic heterocycles. The lowest BCUT2D eigenvalue weighted by molar-refractivity contribution is -0.115. The van der Waals surface area contributed by atoms with Crippen molar-refractivity contribution in [2.45, 2.75) is 13.3 Å². The van der Waals surface area contributed by atoms with Crippen molar-refractivity contribution in [2.75, 3.05) is 12.4 Å². The molecule has 0 unspecified atom stereocenters. The van der Waals surface area contributed by atoms with Gasteiger partial charge in [0.15, 0.2) is 5.82 Å². The highest BCUT2D eigenvalue weighted by molar-refractivity contribution is 5.91. The van der Waals surface area contributed by atoms with Crippen LogP contribution in [0.1, 0.15) is 11.3 Å². The summed E-state index contributed by atoms with van der Waals surface area (Å²) >= 11 is 0. The first-order valence-electron chi connectivity index (χ1n) is 7.97. The summed E-state index contributed by atoms with van der Waals surface area (Å²) in [4.78, 5) is 21.1. The van der Waals surface area contributed by atoms with E-state index < -0.39 is 0 Å². The van der Waals surface area contributed by atoms with Crippen molar-refractivity contribution < 1.29 is 9.53 Å². The molecule has 0 bridgehead atoms. The maximum Gasteiger partial charge on any atom is 0.229 e. The van der Waals surface area contributed by atoms with Gasteiger partial charge in [0, 0.05) is 5.56 Å². The number of hydrogen-bond donors (Lipinski definition) is 1. The molecular formula is C20H19N3O2. The second-order valence-corrected chi connectivity index (χ2v) is 5.63. The normalized spacial score (nSPS) is 10.3. The summed E-state index contributed by atoms with van der Waals surface area (Å²) in [6.45, 7) is 1.83. The first kappa shape index (κ1) is 16.6. The molecule has 5 nitrogen and oxygen atoms in total. The van der Waals surface area contributed by atoms with Gasteiger partial charge in [0.1, 0.15) is 5.75 Å². The molecular weight excluding hydrogens is 314 g/mol. The average Bonchev–Trinajstić information content (AvgIpc) is 2.64. The van der Waals surface area contributed by atoms with Gasteiger partial charge in [0.25, 0.3) is 0 Å². The lowest BCUT2D eigenvalue weighted by Crippen LogP contribution is -2.16. The van der Waals surface area contributed by atoms with Crippen LogP contribution in [-0.4, -0.2) is 23.0 Å². The van der Waals surface area contributed by atoms with E-state index in [9.17, 15) is 4.79 Å². The molecule has 2 aromatic carbocycles. The van der Waals surface area contributed by atoms with Crippen LogP contribution in [0, 0.1) is 6.92 Å².